The monoisotopic (exact) mass is 406 g/mol. The van der Waals surface area contributed by atoms with Gasteiger partial charge in [-0.2, -0.15) is 0 Å². The van der Waals surface area contributed by atoms with Crippen molar-refractivity contribution in [1.82, 2.24) is 9.67 Å². The van der Waals surface area contributed by atoms with E-state index in [-0.39, 0.29) is 24.3 Å². The van der Waals surface area contributed by atoms with E-state index in [4.69, 9.17) is 33.0 Å². The van der Waals surface area contributed by atoms with Crippen molar-refractivity contribution < 1.29 is 24.2 Å². The number of hydrogen-bond donors (Lipinski definition) is 3. The highest BCUT2D eigenvalue weighted by molar-refractivity contribution is 6.14. The van der Waals surface area contributed by atoms with Crippen LogP contribution in [0.2, 0.25) is 0 Å². The number of aromatic hydroxyl groups is 1. The molecule has 0 saturated carbocycles. The number of nitrogens with one attached hydrogen (secondary N) is 2. The summed E-state index contributed by atoms with van der Waals surface area (Å²) in [5, 5.41) is 10.0. The summed E-state index contributed by atoms with van der Waals surface area (Å²) < 4.78 is 10.2. The first-order valence-corrected chi connectivity index (χ1v) is 9.16. The van der Waals surface area contributed by atoms with Gasteiger partial charge in [0.25, 0.3) is 0 Å². The molecule has 1 atom stereocenters. The molecule has 0 aliphatic carbocycles. The Morgan fingerprint density at radius 2 is 2.04 bits per heavy atom. The molecular formula is C17H24Cl2N2O5. The van der Waals surface area contributed by atoms with Gasteiger partial charge in [-0.15, -0.1) is 0 Å². The number of phenolic OH excluding ortho intramolecular Hbond substituents is 1. The van der Waals surface area contributed by atoms with Crippen LogP contribution in [0.5, 0.6) is 11.5 Å². The van der Waals surface area contributed by atoms with Crippen LogP contribution in [-0.4, -0.2) is 36.2 Å². The molecule has 146 valence electrons. The van der Waals surface area contributed by atoms with Crippen molar-refractivity contribution in [3.05, 3.63) is 23.8 Å². The first kappa shape index (κ1) is 22.5. The van der Waals surface area contributed by atoms with Gasteiger partial charge >= 0.3 is 11.9 Å². The van der Waals surface area contributed by atoms with Crippen LogP contribution in [0, 0.1) is 0 Å². The zero-order valence-electron chi connectivity index (χ0n) is 14.6. The Balaban J connectivity index is 2.61. The second kappa shape index (κ2) is 12.8. The Morgan fingerprint density at radius 1 is 1.27 bits per heavy atom. The van der Waals surface area contributed by atoms with Crippen molar-refractivity contribution in [3.63, 3.8) is 0 Å². The van der Waals surface area contributed by atoms with E-state index in [1.54, 1.807) is 6.07 Å². The predicted octanol–water partition coefficient (Wildman–Crippen LogP) is 2.82. The molecule has 3 N–H and O–H groups in total. The van der Waals surface area contributed by atoms with E-state index in [2.05, 4.69) is 9.67 Å². The molecule has 0 amide bonds. The van der Waals surface area contributed by atoms with Crippen LogP contribution in [0.15, 0.2) is 18.2 Å². The van der Waals surface area contributed by atoms with Gasteiger partial charge in [-0.05, 0) is 60.5 Å². The summed E-state index contributed by atoms with van der Waals surface area (Å²) in [4.78, 5) is 28.4. The molecule has 0 saturated heterocycles. The summed E-state index contributed by atoms with van der Waals surface area (Å²) >= 11 is 10.9. The molecule has 0 aliphatic rings. The maximum Gasteiger partial charge on any atom is 0.324 e. The fourth-order valence-corrected chi connectivity index (χ4v) is 2.37. The summed E-state index contributed by atoms with van der Waals surface area (Å²) in [5.74, 6) is -1.08. The van der Waals surface area contributed by atoms with Gasteiger partial charge in [-0.1, -0.05) is 19.4 Å². The molecule has 7 nitrogen and oxygen atoms in total. The van der Waals surface area contributed by atoms with Gasteiger partial charge in [0.05, 0.1) is 6.61 Å². The van der Waals surface area contributed by atoms with Crippen LogP contribution in [0.3, 0.4) is 0 Å². The lowest BCUT2D eigenvalue weighted by atomic mass is 10.1. The van der Waals surface area contributed by atoms with E-state index in [1.807, 2.05) is 6.92 Å². The molecule has 1 aromatic carbocycles. The second-order valence-electron chi connectivity index (χ2n) is 5.65. The summed E-state index contributed by atoms with van der Waals surface area (Å²) in [6.45, 7) is 2.81. The number of ether oxygens (including phenoxy) is 2. The van der Waals surface area contributed by atoms with E-state index in [1.165, 1.54) is 12.1 Å². The largest absolute Gasteiger partial charge is 0.504 e. The van der Waals surface area contributed by atoms with Crippen molar-refractivity contribution in [2.75, 3.05) is 13.2 Å². The Bertz CT molecular complexity index is 586. The summed E-state index contributed by atoms with van der Waals surface area (Å²) in [5.41, 5.74) is 0.638. The van der Waals surface area contributed by atoms with Gasteiger partial charge in [-0.3, -0.25) is 9.59 Å². The quantitative estimate of drug-likeness (QED) is 0.212. The van der Waals surface area contributed by atoms with Crippen molar-refractivity contribution in [2.24, 2.45) is 0 Å². The minimum Gasteiger partial charge on any atom is -0.504 e. The van der Waals surface area contributed by atoms with Crippen molar-refractivity contribution in [2.45, 2.75) is 45.1 Å². The molecule has 1 aromatic rings. The van der Waals surface area contributed by atoms with Gasteiger partial charge in [-0.25, -0.2) is 9.67 Å². The number of halogens is 2. The lowest BCUT2D eigenvalue weighted by Gasteiger charge is -2.15. The zero-order valence-corrected chi connectivity index (χ0v) is 16.1. The highest BCUT2D eigenvalue weighted by atomic mass is 35.5. The SMILES string of the molecule is CCCCOC(=O)[C@H](Cc1ccc(OC(=O)CCCNCl)c(O)c1)NCl. The highest BCUT2D eigenvalue weighted by Crippen LogP contribution is 2.28. The fourth-order valence-electron chi connectivity index (χ4n) is 2.07. The van der Waals surface area contributed by atoms with Crippen LogP contribution >= 0.6 is 23.6 Å². The summed E-state index contributed by atoms with van der Waals surface area (Å²) in [7, 11) is 0. The minimum atomic E-state index is -0.746. The molecule has 0 aromatic heterocycles. The number of carbonyl (C=O) groups is 2. The first-order chi connectivity index (χ1) is 12.5. The number of rotatable bonds is 12. The maximum atomic E-state index is 12.0. The van der Waals surface area contributed by atoms with Gasteiger partial charge in [0, 0.05) is 13.0 Å². The smallest absolute Gasteiger partial charge is 0.324 e. The van der Waals surface area contributed by atoms with Crippen LogP contribution in [-0.2, 0) is 20.7 Å². The molecule has 0 unspecified atom stereocenters. The van der Waals surface area contributed by atoms with Crippen LogP contribution in [0.1, 0.15) is 38.2 Å². The normalized spacial score (nSPS) is 11.8. The molecule has 0 bridgehead atoms. The number of unbranched alkanes of at least 4 members (excludes halogenated alkanes) is 1. The van der Waals surface area contributed by atoms with Crippen molar-refractivity contribution in [3.8, 4) is 11.5 Å². The number of phenols is 1. The van der Waals surface area contributed by atoms with Gasteiger partial charge in [0.1, 0.15) is 6.04 Å². The Morgan fingerprint density at radius 3 is 2.65 bits per heavy atom. The van der Waals surface area contributed by atoms with Crippen LogP contribution in [0.25, 0.3) is 0 Å². The van der Waals surface area contributed by atoms with E-state index >= 15 is 0 Å². The minimum absolute atomic E-state index is 0.0542. The number of esters is 2. The first-order valence-electron chi connectivity index (χ1n) is 8.40. The van der Waals surface area contributed by atoms with E-state index < -0.39 is 18.0 Å². The van der Waals surface area contributed by atoms with Crippen LogP contribution in [0.4, 0.5) is 0 Å². The highest BCUT2D eigenvalue weighted by Gasteiger charge is 2.20. The van der Waals surface area contributed by atoms with E-state index in [0.717, 1.165) is 12.8 Å². The second-order valence-corrected chi connectivity index (χ2v) is 6.14. The molecule has 1 rings (SSSR count). The molecule has 26 heavy (non-hydrogen) atoms. The van der Waals surface area contributed by atoms with Crippen molar-refractivity contribution >= 4 is 35.5 Å². The molecule has 0 radical (unpaired) electrons. The fraction of sp³-hybridized carbons (Fsp3) is 0.529. The van der Waals surface area contributed by atoms with Gasteiger partial charge in [0.15, 0.2) is 11.5 Å². The summed E-state index contributed by atoms with van der Waals surface area (Å²) in [6, 6.07) is 3.78. The van der Waals surface area contributed by atoms with Gasteiger partial charge in [0.2, 0.25) is 0 Å². The van der Waals surface area contributed by atoms with Crippen molar-refractivity contribution in [1.29, 1.82) is 0 Å². The predicted molar refractivity (Wildman–Crippen MR) is 99.2 cm³/mol. The third-order valence-electron chi connectivity index (χ3n) is 3.50. The van der Waals surface area contributed by atoms with E-state index in [9.17, 15) is 14.7 Å². The third kappa shape index (κ3) is 8.23. The maximum absolute atomic E-state index is 12.0. The standard InChI is InChI=1S/C17H24Cl2N2O5/c1-2-3-9-25-17(24)13(21-19)10-12-6-7-15(14(22)11-12)26-16(23)5-4-8-20-18/h6-7,11,13,20-22H,2-5,8-10H2,1H3/t13-/m0/s1. The number of hydrogen-bond acceptors (Lipinski definition) is 7. The van der Waals surface area contributed by atoms with Crippen LogP contribution < -0.4 is 14.4 Å². The summed E-state index contributed by atoms with van der Waals surface area (Å²) in [6.07, 6.45) is 2.61. The third-order valence-corrected chi connectivity index (χ3v) is 3.95. The molecule has 0 heterocycles. The molecular weight excluding hydrogens is 383 g/mol. The molecule has 0 spiro atoms. The van der Waals surface area contributed by atoms with Gasteiger partial charge < -0.3 is 14.6 Å². The average Bonchev–Trinajstić information content (AvgIpc) is 2.62. The Labute approximate surface area is 163 Å². The lowest BCUT2D eigenvalue weighted by molar-refractivity contribution is -0.145. The average molecular weight is 407 g/mol. The number of carbonyl (C=O) groups excluding carboxylic acids is 2. The Hall–Kier alpha value is -1.54. The lowest BCUT2D eigenvalue weighted by Crippen LogP contribution is -2.34. The molecule has 0 fully saturated rings. The molecule has 9 heteroatoms. The topological polar surface area (TPSA) is 96.9 Å². The zero-order chi connectivity index (χ0) is 19.4. The van der Waals surface area contributed by atoms with E-state index in [0.29, 0.717) is 25.1 Å². The molecule has 0 aliphatic heterocycles. The Kier molecular flexibility index (Phi) is 11.0. The number of benzene rings is 1.